The van der Waals surface area contributed by atoms with Crippen LogP contribution in [0.1, 0.15) is 32.1 Å². The van der Waals surface area contributed by atoms with Crippen molar-refractivity contribution in [2.75, 3.05) is 6.54 Å². The van der Waals surface area contributed by atoms with Crippen LogP contribution in [0.15, 0.2) is 17.6 Å². The van der Waals surface area contributed by atoms with Crippen LogP contribution in [0.3, 0.4) is 0 Å². The summed E-state index contributed by atoms with van der Waals surface area (Å²) in [5.74, 6) is 0.767. The van der Waals surface area contributed by atoms with Crippen molar-refractivity contribution in [3.05, 3.63) is 12.7 Å². The first-order chi connectivity index (χ1) is 5.43. The van der Waals surface area contributed by atoms with Gasteiger partial charge >= 0.3 is 0 Å². The Kier molecular flexibility index (Phi) is 3.95. The van der Waals surface area contributed by atoms with Gasteiger partial charge < -0.3 is 0 Å². The van der Waals surface area contributed by atoms with Crippen molar-refractivity contribution in [1.82, 2.24) is 0 Å². The predicted octanol–water partition coefficient (Wildman–Crippen LogP) is 2.82. The van der Waals surface area contributed by atoms with Gasteiger partial charge in [-0.25, -0.2) is 0 Å². The van der Waals surface area contributed by atoms with Crippen molar-refractivity contribution >= 4 is 6.21 Å². The van der Waals surface area contributed by atoms with Gasteiger partial charge in [-0.3, -0.25) is 4.99 Å². The Labute approximate surface area is 69.2 Å². The van der Waals surface area contributed by atoms with Crippen LogP contribution in [-0.4, -0.2) is 12.8 Å². The van der Waals surface area contributed by atoms with E-state index in [1.165, 1.54) is 32.1 Å². The molecule has 0 aromatic heterocycles. The van der Waals surface area contributed by atoms with Crippen LogP contribution < -0.4 is 0 Å². The van der Waals surface area contributed by atoms with E-state index >= 15 is 0 Å². The van der Waals surface area contributed by atoms with E-state index < -0.39 is 0 Å². The maximum Gasteiger partial charge on any atom is 0.0563 e. The van der Waals surface area contributed by atoms with Crippen LogP contribution in [0, 0.1) is 5.92 Å². The molecule has 0 amide bonds. The molecular weight excluding hydrogens is 134 g/mol. The summed E-state index contributed by atoms with van der Waals surface area (Å²) in [7, 11) is 0. The third-order valence-corrected chi connectivity index (χ3v) is 2.20. The Bertz CT molecular complexity index is 132. The molecule has 1 nitrogen and oxygen atoms in total. The lowest BCUT2D eigenvalue weighted by Crippen LogP contribution is -2.07. The summed E-state index contributed by atoms with van der Waals surface area (Å²) >= 11 is 0. The molecule has 0 unspecified atom stereocenters. The van der Waals surface area contributed by atoms with Gasteiger partial charge in [0, 0.05) is 6.21 Å². The highest BCUT2D eigenvalue weighted by Crippen LogP contribution is 2.21. The maximum absolute atomic E-state index is 4.27. The zero-order chi connectivity index (χ0) is 7.94. The molecule has 0 spiro atoms. The number of aliphatic imine (C=N–C) groups is 1. The second-order valence-corrected chi connectivity index (χ2v) is 3.20. The molecule has 1 rings (SSSR count). The van der Waals surface area contributed by atoms with E-state index in [1.807, 2.05) is 6.08 Å². The van der Waals surface area contributed by atoms with Crippen molar-refractivity contribution in [3.63, 3.8) is 0 Å². The van der Waals surface area contributed by atoms with Crippen LogP contribution in [0.2, 0.25) is 0 Å². The molecule has 62 valence electrons. The van der Waals surface area contributed by atoms with Crippen molar-refractivity contribution in [2.24, 2.45) is 10.9 Å². The number of hydrogen-bond acceptors (Lipinski definition) is 1. The molecule has 0 saturated heterocycles. The zero-order valence-corrected chi connectivity index (χ0v) is 7.13. The minimum absolute atomic E-state index is 0.767. The Hall–Kier alpha value is -0.590. The first kappa shape index (κ1) is 8.51. The van der Waals surface area contributed by atoms with E-state index in [0.29, 0.717) is 0 Å². The van der Waals surface area contributed by atoms with E-state index in [4.69, 9.17) is 0 Å². The summed E-state index contributed by atoms with van der Waals surface area (Å²) in [4.78, 5) is 4.27. The molecule has 0 aromatic carbocycles. The van der Waals surface area contributed by atoms with Crippen molar-refractivity contribution in [1.29, 1.82) is 0 Å². The summed E-state index contributed by atoms with van der Waals surface area (Å²) in [6.45, 7) is 4.42. The topological polar surface area (TPSA) is 12.4 Å². The third-order valence-electron chi connectivity index (χ3n) is 2.20. The van der Waals surface area contributed by atoms with Crippen LogP contribution >= 0.6 is 0 Å². The fourth-order valence-corrected chi connectivity index (χ4v) is 1.57. The molecule has 0 bridgehead atoms. The molecule has 1 aliphatic rings. The molecule has 1 fully saturated rings. The highest BCUT2D eigenvalue weighted by molar-refractivity contribution is 5.60. The molecule has 0 aromatic rings. The van der Waals surface area contributed by atoms with E-state index in [2.05, 4.69) is 17.8 Å². The number of rotatable bonds is 3. The van der Waals surface area contributed by atoms with E-state index in [0.717, 1.165) is 12.5 Å². The van der Waals surface area contributed by atoms with Crippen molar-refractivity contribution in [3.8, 4) is 0 Å². The van der Waals surface area contributed by atoms with Gasteiger partial charge in [-0.15, -0.1) is 6.58 Å². The molecule has 1 saturated carbocycles. The highest BCUT2D eigenvalue weighted by atomic mass is 14.7. The molecule has 1 heteroatoms. The van der Waals surface area contributed by atoms with Crippen molar-refractivity contribution in [2.45, 2.75) is 32.1 Å². The van der Waals surface area contributed by atoms with Gasteiger partial charge in [0.1, 0.15) is 0 Å². The second-order valence-electron chi connectivity index (χ2n) is 3.20. The van der Waals surface area contributed by atoms with Gasteiger partial charge in [-0.2, -0.15) is 0 Å². The molecule has 1 aliphatic carbocycles. The van der Waals surface area contributed by atoms with Crippen LogP contribution in [-0.2, 0) is 0 Å². The van der Waals surface area contributed by atoms with Crippen LogP contribution in [0.5, 0.6) is 0 Å². The number of nitrogens with zero attached hydrogens (tertiary/aromatic N) is 1. The summed E-state index contributed by atoms with van der Waals surface area (Å²) in [6.07, 6.45) is 10.9. The molecule has 0 atom stereocenters. The first-order valence-corrected chi connectivity index (χ1v) is 4.54. The molecular formula is C10H17N. The highest BCUT2D eigenvalue weighted by Gasteiger charge is 2.09. The average molecular weight is 151 g/mol. The molecule has 11 heavy (non-hydrogen) atoms. The van der Waals surface area contributed by atoms with E-state index in [1.54, 1.807) is 0 Å². The lowest BCUT2D eigenvalue weighted by molar-refractivity contribution is 0.444. The minimum atomic E-state index is 0.767. The molecule has 0 aliphatic heterocycles. The molecule has 0 N–H and O–H groups in total. The first-order valence-electron chi connectivity index (χ1n) is 4.54. The van der Waals surface area contributed by atoms with Gasteiger partial charge in [0.15, 0.2) is 0 Å². The Morgan fingerprint density at radius 3 is 2.64 bits per heavy atom. The van der Waals surface area contributed by atoms with Crippen LogP contribution in [0.4, 0.5) is 0 Å². The summed E-state index contributed by atoms with van der Waals surface area (Å²) < 4.78 is 0. The quantitative estimate of drug-likeness (QED) is 0.434. The maximum atomic E-state index is 4.27. The predicted molar refractivity (Wildman–Crippen MR) is 50.1 cm³/mol. The zero-order valence-electron chi connectivity index (χ0n) is 7.13. The van der Waals surface area contributed by atoms with Gasteiger partial charge in [-0.05, 0) is 18.8 Å². The normalized spacial score (nSPS) is 20.7. The Morgan fingerprint density at radius 2 is 2.00 bits per heavy atom. The fourth-order valence-electron chi connectivity index (χ4n) is 1.57. The minimum Gasteiger partial charge on any atom is -0.293 e. The average Bonchev–Trinajstić information content (AvgIpc) is 2.07. The fraction of sp³-hybridized carbons (Fsp3) is 0.700. The van der Waals surface area contributed by atoms with E-state index in [9.17, 15) is 0 Å². The van der Waals surface area contributed by atoms with E-state index in [-0.39, 0.29) is 0 Å². The number of hydrogen-bond donors (Lipinski definition) is 0. The molecule has 0 heterocycles. The largest absolute Gasteiger partial charge is 0.293 e. The summed E-state index contributed by atoms with van der Waals surface area (Å²) in [6, 6.07) is 0. The van der Waals surface area contributed by atoms with Crippen molar-refractivity contribution < 1.29 is 0 Å². The van der Waals surface area contributed by atoms with Gasteiger partial charge in [-0.1, -0.05) is 25.3 Å². The SMILES string of the molecule is C=CCN=CC1CCCCC1. The molecule has 0 radical (unpaired) electrons. The third kappa shape index (κ3) is 3.35. The van der Waals surface area contributed by atoms with Gasteiger partial charge in [0.25, 0.3) is 0 Å². The second kappa shape index (κ2) is 5.11. The Morgan fingerprint density at radius 1 is 1.27 bits per heavy atom. The monoisotopic (exact) mass is 151 g/mol. The van der Waals surface area contributed by atoms with Gasteiger partial charge in [0.2, 0.25) is 0 Å². The summed E-state index contributed by atoms with van der Waals surface area (Å²) in [5, 5.41) is 0. The summed E-state index contributed by atoms with van der Waals surface area (Å²) in [5.41, 5.74) is 0. The smallest absolute Gasteiger partial charge is 0.0563 e. The van der Waals surface area contributed by atoms with Crippen LogP contribution in [0.25, 0.3) is 0 Å². The lowest BCUT2D eigenvalue weighted by atomic mass is 9.90. The van der Waals surface area contributed by atoms with Gasteiger partial charge in [0.05, 0.1) is 6.54 Å². The Balaban J connectivity index is 2.18. The standard InChI is InChI=1S/C10H17N/c1-2-8-11-9-10-6-4-3-5-7-10/h2,9-10H,1,3-8H2. The lowest BCUT2D eigenvalue weighted by Gasteiger charge is -2.16.